The summed E-state index contributed by atoms with van der Waals surface area (Å²) in [7, 11) is 0. The van der Waals surface area contributed by atoms with Gasteiger partial charge >= 0.3 is 0 Å². The van der Waals surface area contributed by atoms with Gasteiger partial charge in [-0.05, 0) is 48.9 Å². The molecule has 13 heteroatoms. The van der Waals surface area contributed by atoms with E-state index in [-0.39, 0.29) is 17.7 Å². The second-order valence-corrected chi connectivity index (χ2v) is 12.3. The number of carbonyl (C=O) groups is 2. The summed E-state index contributed by atoms with van der Waals surface area (Å²) in [4.78, 5) is 37.6. The molecule has 0 bridgehead atoms. The second kappa shape index (κ2) is 12.5. The molecule has 0 aromatic carbocycles. The number of rotatable bonds is 3. The van der Waals surface area contributed by atoms with Crippen LogP contribution >= 0.6 is 34.8 Å². The van der Waals surface area contributed by atoms with E-state index in [1.54, 1.807) is 17.0 Å². The van der Waals surface area contributed by atoms with Crippen molar-refractivity contribution in [3.05, 3.63) is 39.5 Å². The van der Waals surface area contributed by atoms with Gasteiger partial charge in [-0.15, -0.1) is 0 Å². The van der Waals surface area contributed by atoms with Crippen molar-refractivity contribution in [2.75, 3.05) is 80.4 Å². The number of carbonyl (C=O) groups excluding carboxylic acids is 2. The Balaban J connectivity index is 0.000000124. The normalized spacial score (nSPS) is 27.6. The summed E-state index contributed by atoms with van der Waals surface area (Å²) in [5, 5.41) is 4.46. The van der Waals surface area contributed by atoms with Crippen molar-refractivity contribution in [1.29, 1.82) is 0 Å². The van der Waals surface area contributed by atoms with Crippen LogP contribution < -0.4 is 20.0 Å². The van der Waals surface area contributed by atoms with Crippen molar-refractivity contribution in [2.24, 2.45) is 23.7 Å². The summed E-state index contributed by atoms with van der Waals surface area (Å²) in [6.45, 7) is 7.90. The highest BCUT2D eigenvalue weighted by molar-refractivity contribution is 6.34. The van der Waals surface area contributed by atoms with Crippen molar-refractivity contribution < 1.29 is 19.1 Å². The Morgan fingerprint density at radius 3 is 1.76 bits per heavy atom. The van der Waals surface area contributed by atoms with E-state index in [1.807, 2.05) is 12.1 Å². The molecule has 41 heavy (non-hydrogen) atoms. The van der Waals surface area contributed by atoms with Crippen LogP contribution in [0, 0.1) is 23.7 Å². The maximum Gasteiger partial charge on any atom is 0.231 e. The van der Waals surface area contributed by atoms with Gasteiger partial charge in [-0.25, -0.2) is 9.97 Å². The van der Waals surface area contributed by atoms with Gasteiger partial charge in [0.05, 0.1) is 26.4 Å². The first-order valence-corrected chi connectivity index (χ1v) is 15.2. The molecule has 6 fully saturated rings. The van der Waals surface area contributed by atoms with Crippen LogP contribution in [0.5, 0.6) is 0 Å². The fraction of sp³-hybridized carbons (Fsp3) is 0.571. The Hall–Kier alpha value is -2.37. The van der Waals surface area contributed by atoms with E-state index in [9.17, 15) is 9.59 Å². The highest BCUT2D eigenvalue weighted by atomic mass is 35.5. The van der Waals surface area contributed by atoms with Crippen LogP contribution in [0.25, 0.3) is 0 Å². The molecule has 220 valence electrons. The second-order valence-electron chi connectivity index (χ2n) is 11.1. The first kappa shape index (κ1) is 28.7. The zero-order valence-electron chi connectivity index (χ0n) is 22.6. The predicted molar refractivity (Wildman–Crippen MR) is 158 cm³/mol. The average molecular weight is 624 g/mol. The monoisotopic (exact) mass is 622 g/mol. The van der Waals surface area contributed by atoms with Crippen LogP contribution in [0.3, 0.4) is 0 Å². The molecule has 2 amide bonds. The summed E-state index contributed by atoms with van der Waals surface area (Å²) in [5.74, 6) is 4.78. The van der Waals surface area contributed by atoms with E-state index >= 15 is 0 Å². The smallest absolute Gasteiger partial charge is 0.231 e. The van der Waals surface area contributed by atoms with Gasteiger partial charge in [0, 0.05) is 61.1 Å². The number of pyridine rings is 2. The fourth-order valence-electron chi connectivity index (χ4n) is 5.61. The van der Waals surface area contributed by atoms with Gasteiger partial charge in [0.15, 0.2) is 0 Å². The van der Waals surface area contributed by atoms with Crippen molar-refractivity contribution in [3.63, 3.8) is 0 Å². The number of hydrogen-bond acceptors (Lipinski definition) is 8. The topological polar surface area (TPSA) is 100 Å². The number of nitrogens with one attached hydrogen (secondary N) is 1. The highest BCUT2D eigenvalue weighted by Crippen LogP contribution is 2.47. The third-order valence-corrected chi connectivity index (χ3v) is 8.81. The van der Waals surface area contributed by atoms with Crippen LogP contribution in [0.1, 0.15) is 12.8 Å². The molecule has 4 saturated heterocycles. The minimum absolute atomic E-state index is 0.206. The highest BCUT2D eigenvalue weighted by Gasteiger charge is 2.53. The van der Waals surface area contributed by atoms with Gasteiger partial charge in [-0.1, -0.05) is 34.8 Å². The third-order valence-electron chi connectivity index (χ3n) is 8.18. The maximum atomic E-state index is 12.2. The molecule has 2 aromatic rings. The molecule has 6 heterocycles. The molecule has 2 aliphatic carbocycles. The van der Waals surface area contributed by atoms with Crippen LogP contribution in [0.15, 0.2) is 24.3 Å². The van der Waals surface area contributed by atoms with Crippen molar-refractivity contribution >= 4 is 64.1 Å². The van der Waals surface area contributed by atoms with Gasteiger partial charge < -0.3 is 24.6 Å². The third kappa shape index (κ3) is 7.00. The Bertz CT molecular complexity index is 1270. The van der Waals surface area contributed by atoms with Crippen LogP contribution in [-0.4, -0.2) is 87.5 Å². The van der Waals surface area contributed by atoms with Gasteiger partial charge in [0.25, 0.3) is 0 Å². The molecular formula is C28H33Cl3N6O4. The molecule has 8 rings (SSSR count). The first-order chi connectivity index (χ1) is 19.9. The predicted octanol–water partition coefficient (Wildman–Crippen LogP) is 3.53. The minimum atomic E-state index is 0.206. The Morgan fingerprint density at radius 1 is 0.732 bits per heavy atom. The zero-order chi connectivity index (χ0) is 28.5. The quantitative estimate of drug-likeness (QED) is 0.519. The molecule has 2 aromatic heterocycles. The SMILES string of the molecule is Clc1cc(Cl)nc(N2CCOCC2)c1.O=C1C2CC2CN1c1cc(Cl)cc(N2CCOCC2)n1.O=C1NCC2CC12. The molecular weight excluding hydrogens is 591 g/mol. The summed E-state index contributed by atoms with van der Waals surface area (Å²) < 4.78 is 10.6. The van der Waals surface area contributed by atoms with E-state index in [1.165, 1.54) is 0 Å². The van der Waals surface area contributed by atoms with Crippen molar-refractivity contribution in [3.8, 4) is 0 Å². The lowest BCUT2D eigenvalue weighted by molar-refractivity contribution is -0.121. The molecule has 2 saturated carbocycles. The molecule has 4 unspecified atom stereocenters. The molecule has 4 aliphatic heterocycles. The number of anilines is 3. The van der Waals surface area contributed by atoms with E-state index in [2.05, 4.69) is 25.1 Å². The van der Waals surface area contributed by atoms with Gasteiger partial charge in [0.2, 0.25) is 11.8 Å². The van der Waals surface area contributed by atoms with Gasteiger partial charge in [-0.2, -0.15) is 0 Å². The summed E-state index contributed by atoms with van der Waals surface area (Å²) in [6.07, 6.45) is 2.21. The maximum absolute atomic E-state index is 12.2. The minimum Gasteiger partial charge on any atom is -0.378 e. The summed E-state index contributed by atoms with van der Waals surface area (Å²) >= 11 is 17.9. The number of ether oxygens (including phenoxy) is 2. The number of amides is 2. The summed E-state index contributed by atoms with van der Waals surface area (Å²) in [6, 6.07) is 7.09. The number of aromatic nitrogens is 2. The fourth-order valence-corrected chi connectivity index (χ4v) is 6.27. The number of hydrogen-bond donors (Lipinski definition) is 1. The molecule has 10 nitrogen and oxygen atoms in total. The van der Waals surface area contributed by atoms with Crippen molar-refractivity contribution in [1.82, 2.24) is 15.3 Å². The molecule has 1 N–H and O–H groups in total. The largest absolute Gasteiger partial charge is 0.378 e. The van der Waals surface area contributed by atoms with Gasteiger partial charge in [-0.3, -0.25) is 14.5 Å². The lowest BCUT2D eigenvalue weighted by Gasteiger charge is -2.29. The Labute approximate surface area is 254 Å². The number of fused-ring (bicyclic) bond motifs is 2. The zero-order valence-corrected chi connectivity index (χ0v) is 24.9. The van der Waals surface area contributed by atoms with E-state index in [0.717, 1.165) is 82.9 Å². The number of piperidine rings is 2. The van der Waals surface area contributed by atoms with E-state index in [4.69, 9.17) is 44.3 Å². The Morgan fingerprint density at radius 2 is 1.29 bits per heavy atom. The van der Waals surface area contributed by atoms with Gasteiger partial charge in [0.1, 0.15) is 22.6 Å². The molecule has 0 spiro atoms. The lowest BCUT2D eigenvalue weighted by atomic mass is 10.3. The van der Waals surface area contributed by atoms with Crippen LogP contribution in [-0.2, 0) is 19.1 Å². The number of morpholine rings is 2. The van der Waals surface area contributed by atoms with Crippen molar-refractivity contribution in [2.45, 2.75) is 12.8 Å². The first-order valence-electron chi connectivity index (χ1n) is 14.1. The number of halogens is 3. The van der Waals surface area contributed by atoms with Crippen LogP contribution in [0.2, 0.25) is 15.2 Å². The van der Waals surface area contributed by atoms with E-state index < -0.39 is 0 Å². The standard InChI is InChI=1S/C14H16ClN3O2.C9H10Cl2N2O.C5H7NO/c15-10-6-12(17-1-3-20-4-2-17)16-13(7-10)18-8-9-5-11(9)14(18)19;10-7-5-8(11)12-9(6-7)13-1-3-14-4-2-13;7-5-4-1-3(4)2-6-5/h6-7,9,11H,1-5,8H2;5-6H,1-4H2;3-4H,1-2H2,(H,6,7). The molecule has 0 radical (unpaired) electrons. The average Bonchev–Trinajstić information content (AvgIpc) is 3.88. The van der Waals surface area contributed by atoms with Crippen LogP contribution in [0.4, 0.5) is 17.5 Å². The summed E-state index contributed by atoms with van der Waals surface area (Å²) in [5.41, 5.74) is 0. The lowest BCUT2D eigenvalue weighted by Crippen LogP contribution is -2.37. The Kier molecular flexibility index (Phi) is 8.74. The molecule has 4 atom stereocenters. The van der Waals surface area contributed by atoms with E-state index in [0.29, 0.717) is 46.1 Å². The number of nitrogens with zero attached hydrogens (tertiary/aromatic N) is 5. The molecule has 6 aliphatic rings.